The number of benzene rings is 2. The van der Waals surface area contributed by atoms with Gasteiger partial charge < -0.3 is 13.9 Å². The second kappa shape index (κ2) is 7.54. The largest absolute Gasteiger partial charge is 0.490 e. The molecule has 5 heteroatoms. The minimum atomic E-state index is -0.359. The van der Waals surface area contributed by atoms with Crippen LogP contribution in [0.15, 0.2) is 57.7 Å². The first-order valence-corrected chi connectivity index (χ1v) is 8.02. The number of ether oxygens (including phenoxy) is 2. The van der Waals surface area contributed by atoms with E-state index in [0.717, 1.165) is 17.4 Å². The number of rotatable bonds is 6. The van der Waals surface area contributed by atoms with Gasteiger partial charge in [0.1, 0.15) is 30.3 Å². The number of hydrogen-bond donors (Lipinski definition) is 0. The molecule has 0 atom stereocenters. The van der Waals surface area contributed by atoms with Crippen LogP contribution in [0, 0.1) is 11.3 Å². The molecule has 5 nitrogen and oxygen atoms in total. The SMILES string of the molecule is CCc1cc(=O)oc2cc(OCCOc3cccc(C#N)c3)ccc12. The Kier molecular flexibility index (Phi) is 5.00. The number of nitriles is 1. The van der Waals surface area contributed by atoms with Crippen LogP contribution in [0.1, 0.15) is 18.1 Å². The Labute approximate surface area is 145 Å². The van der Waals surface area contributed by atoms with Gasteiger partial charge in [-0.15, -0.1) is 0 Å². The van der Waals surface area contributed by atoms with Crippen LogP contribution in [0.4, 0.5) is 0 Å². The first kappa shape index (κ1) is 16.6. The minimum absolute atomic E-state index is 0.333. The van der Waals surface area contributed by atoms with Crippen molar-refractivity contribution in [1.29, 1.82) is 5.26 Å². The van der Waals surface area contributed by atoms with Crippen molar-refractivity contribution in [3.05, 3.63) is 70.1 Å². The normalized spacial score (nSPS) is 10.4. The fourth-order valence-corrected chi connectivity index (χ4v) is 2.57. The van der Waals surface area contributed by atoms with E-state index in [9.17, 15) is 4.79 Å². The van der Waals surface area contributed by atoms with Gasteiger partial charge in [-0.3, -0.25) is 0 Å². The van der Waals surface area contributed by atoms with Crippen LogP contribution < -0.4 is 15.1 Å². The average Bonchev–Trinajstić information content (AvgIpc) is 2.64. The molecule has 0 aliphatic carbocycles. The molecule has 0 amide bonds. The van der Waals surface area contributed by atoms with Crippen molar-refractivity contribution in [3.8, 4) is 17.6 Å². The predicted molar refractivity (Wildman–Crippen MR) is 94.0 cm³/mol. The van der Waals surface area contributed by atoms with Gasteiger partial charge in [0.15, 0.2) is 0 Å². The molecule has 0 aliphatic heterocycles. The van der Waals surface area contributed by atoms with E-state index in [1.54, 1.807) is 30.3 Å². The summed E-state index contributed by atoms with van der Waals surface area (Å²) in [5.74, 6) is 1.23. The van der Waals surface area contributed by atoms with Gasteiger partial charge in [-0.25, -0.2) is 4.79 Å². The molecule has 0 saturated carbocycles. The summed E-state index contributed by atoms with van der Waals surface area (Å²) >= 11 is 0. The molecule has 2 aromatic carbocycles. The van der Waals surface area contributed by atoms with Gasteiger partial charge in [0.2, 0.25) is 0 Å². The Hall–Kier alpha value is -3.26. The van der Waals surface area contributed by atoms with Gasteiger partial charge in [-0.1, -0.05) is 13.0 Å². The van der Waals surface area contributed by atoms with Crippen LogP contribution in [0.3, 0.4) is 0 Å². The van der Waals surface area contributed by atoms with E-state index < -0.39 is 0 Å². The van der Waals surface area contributed by atoms with Crippen molar-refractivity contribution in [1.82, 2.24) is 0 Å². The van der Waals surface area contributed by atoms with Gasteiger partial charge >= 0.3 is 5.63 Å². The third-order valence-corrected chi connectivity index (χ3v) is 3.77. The van der Waals surface area contributed by atoms with Crippen LogP contribution in [0.5, 0.6) is 11.5 Å². The highest BCUT2D eigenvalue weighted by Gasteiger charge is 2.06. The molecule has 126 valence electrons. The Morgan fingerprint density at radius 3 is 2.52 bits per heavy atom. The quantitative estimate of drug-likeness (QED) is 0.507. The molecule has 0 saturated heterocycles. The molecule has 1 aromatic heterocycles. The molecular weight excluding hydrogens is 318 g/mol. The standard InChI is InChI=1S/C20H17NO4/c1-2-15-11-20(22)25-19-12-17(6-7-18(15)19)24-9-8-23-16-5-3-4-14(10-16)13-21/h3-7,10-12H,2,8-9H2,1H3. The highest BCUT2D eigenvalue weighted by Crippen LogP contribution is 2.23. The van der Waals surface area contributed by atoms with E-state index in [4.69, 9.17) is 19.2 Å². The number of nitrogens with zero attached hydrogens (tertiary/aromatic N) is 1. The second-order valence-electron chi connectivity index (χ2n) is 5.44. The molecular formula is C20H17NO4. The molecule has 0 aliphatic rings. The zero-order valence-electron chi connectivity index (χ0n) is 13.8. The molecule has 0 unspecified atom stereocenters. The lowest BCUT2D eigenvalue weighted by molar-refractivity contribution is 0.217. The Morgan fingerprint density at radius 2 is 1.80 bits per heavy atom. The Bertz CT molecular complexity index is 985. The molecule has 0 N–H and O–H groups in total. The van der Waals surface area contributed by atoms with E-state index >= 15 is 0 Å². The molecule has 0 fully saturated rings. The van der Waals surface area contributed by atoms with Gasteiger partial charge in [0, 0.05) is 17.5 Å². The summed E-state index contributed by atoms with van der Waals surface area (Å²) in [5.41, 5.74) is 1.67. The van der Waals surface area contributed by atoms with Crippen molar-refractivity contribution in [2.24, 2.45) is 0 Å². The monoisotopic (exact) mass is 335 g/mol. The number of hydrogen-bond acceptors (Lipinski definition) is 5. The third-order valence-electron chi connectivity index (χ3n) is 3.77. The third kappa shape index (κ3) is 3.99. The summed E-state index contributed by atoms with van der Waals surface area (Å²) in [4.78, 5) is 11.6. The summed E-state index contributed by atoms with van der Waals surface area (Å²) < 4.78 is 16.5. The predicted octanol–water partition coefficient (Wildman–Crippen LogP) is 3.68. The Morgan fingerprint density at radius 1 is 1.04 bits per heavy atom. The lowest BCUT2D eigenvalue weighted by Crippen LogP contribution is -2.09. The molecule has 0 bridgehead atoms. The fourth-order valence-electron chi connectivity index (χ4n) is 2.57. The molecule has 3 aromatic rings. The molecule has 25 heavy (non-hydrogen) atoms. The van der Waals surface area contributed by atoms with E-state index in [1.165, 1.54) is 6.07 Å². The molecule has 3 rings (SSSR count). The minimum Gasteiger partial charge on any atom is -0.490 e. The summed E-state index contributed by atoms with van der Waals surface area (Å²) in [5, 5.41) is 9.78. The van der Waals surface area contributed by atoms with Crippen molar-refractivity contribution >= 4 is 11.0 Å². The maximum atomic E-state index is 11.6. The number of fused-ring (bicyclic) bond motifs is 1. The summed E-state index contributed by atoms with van der Waals surface area (Å²) in [7, 11) is 0. The fraction of sp³-hybridized carbons (Fsp3) is 0.200. The maximum absolute atomic E-state index is 11.6. The van der Waals surface area contributed by atoms with Gasteiger partial charge in [0.25, 0.3) is 0 Å². The lowest BCUT2D eigenvalue weighted by atomic mass is 10.1. The van der Waals surface area contributed by atoms with E-state index in [-0.39, 0.29) is 5.63 Å². The zero-order valence-corrected chi connectivity index (χ0v) is 13.8. The van der Waals surface area contributed by atoms with E-state index in [1.807, 2.05) is 19.1 Å². The lowest BCUT2D eigenvalue weighted by Gasteiger charge is -2.09. The maximum Gasteiger partial charge on any atom is 0.336 e. The van der Waals surface area contributed by atoms with Crippen molar-refractivity contribution in [2.75, 3.05) is 13.2 Å². The smallest absolute Gasteiger partial charge is 0.336 e. The van der Waals surface area contributed by atoms with Crippen LogP contribution in [-0.4, -0.2) is 13.2 Å². The van der Waals surface area contributed by atoms with Crippen LogP contribution in [-0.2, 0) is 6.42 Å². The van der Waals surface area contributed by atoms with Crippen LogP contribution in [0.2, 0.25) is 0 Å². The molecule has 1 heterocycles. The van der Waals surface area contributed by atoms with Crippen molar-refractivity contribution in [3.63, 3.8) is 0 Å². The highest BCUT2D eigenvalue weighted by atomic mass is 16.5. The Balaban J connectivity index is 1.63. The van der Waals surface area contributed by atoms with Crippen LogP contribution >= 0.6 is 0 Å². The van der Waals surface area contributed by atoms with Gasteiger partial charge in [-0.05, 0) is 42.3 Å². The molecule has 0 radical (unpaired) electrons. The van der Waals surface area contributed by atoms with E-state index in [2.05, 4.69) is 6.07 Å². The first-order chi connectivity index (χ1) is 12.2. The summed E-state index contributed by atoms with van der Waals surface area (Å²) in [6.07, 6.45) is 0.762. The number of aryl methyl sites for hydroxylation is 1. The molecule has 0 spiro atoms. The summed E-state index contributed by atoms with van der Waals surface area (Å²) in [6.45, 7) is 2.67. The van der Waals surface area contributed by atoms with Crippen LogP contribution in [0.25, 0.3) is 11.0 Å². The van der Waals surface area contributed by atoms with Crippen molar-refractivity contribution in [2.45, 2.75) is 13.3 Å². The average molecular weight is 335 g/mol. The van der Waals surface area contributed by atoms with Gasteiger partial charge in [0.05, 0.1) is 11.6 Å². The first-order valence-electron chi connectivity index (χ1n) is 8.02. The summed E-state index contributed by atoms with van der Waals surface area (Å²) in [6, 6.07) is 16.0. The zero-order chi connectivity index (χ0) is 17.6. The van der Waals surface area contributed by atoms with Gasteiger partial charge in [-0.2, -0.15) is 5.26 Å². The van der Waals surface area contributed by atoms with E-state index in [0.29, 0.717) is 35.9 Å². The van der Waals surface area contributed by atoms with Crippen molar-refractivity contribution < 1.29 is 13.9 Å². The highest BCUT2D eigenvalue weighted by molar-refractivity contribution is 5.81. The second-order valence-corrected chi connectivity index (χ2v) is 5.44. The topological polar surface area (TPSA) is 72.5 Å².